The monoisotopic (exact) mass is 394 g/mol. The Morgan fingerprint density at radius 1 is 1.10 bits per heavy atom. The van der Waals surface area contributed by atoms with Gasteiger partial charge in [-0.05, 0) is 48.2 Å². The Morgan fingerprint density at radius 2 is 1.83 bits per heavy atom. The molecule has 0 spiro atoms. The van der Waals surface area contributed by atoms with E-state index in [9.17, 15) is 4.79 Å². The first-order chi connectivity index (χ1) is 14.0. The molecule has 0 amide bonds. The van der Waals surface area contributed by atoms with Crippen LogP contribution in [0.15, 0.2) is 35.1 Å². The summed E-state index contributed by atoms with van der Waals surface area (Å²) in [5.74, 6) is 2.60. The van der Waals surface area contributed by atoms with Crippen molar-refractivity contribution < 1.29 is 14.2 Å². The van der Waals surface area contributed by atoms with Crippen molar-refractivity contribution in [3.63, 3.8) is 0 Å². The molecule has 0 aliphatic carbocycles. The molecule has 0 radical (unpaired) electrons. The summed E-state index contributed by atoms with van der Waals surface area (Å²) in [4.78, 5) is 15.6. The second-order valence-electron chi connectivity index (χ2n) is 7.62. The highest BCUT2D eigenvalue weighted by Crippen LogP contribution is 2.34. The smallest absolute Gasteiger partial charge is 0.253 e. The Morgan fingerprint density at radius 3 is 2.52 bits per heavy atom. The van der Waals surface area contributed by atoms with E-state index in [-0.39, 0.29) is 5.56 Å². The molecule has 0 fully saturated rings. The van der Waals surface area contributed by atoms with Crippen molar-refractivity contribution in [3.8, 4) is 17.2 Å². The SMILES string of the molecule is COc1cc(C)c(NCc2cc3cc4c(cc3[nH]c2=O)OCCO4)cc1C(C)C. The Bertz CT molecular complexity index is 1120. The third kappa shape index (κ3) is 3.75. The van der Waals surface area contributed by atoms with Crippen LogP contribution in [0.5, 0.6) is 17.2 Å². The van der Waals surface area contributed by atoms with E-state index < -0.39 is 0 Å². The molecule has 29 heavy (non-hydrogen) atoms. The number of fused-ring (bicyclic) bond motifs is 2. The van der Waals surface area contributed by atoms with E-state index in [0.29, 0.717) is 42.7 Å². The lowest BCUT2D eigenvalue weighted by molar-refractivity contribution is 0.172. The van der Waals surface area contributed by atoms with Crippen LogP contribution in [0, 0.1) is 6.92 Å². The largest absolute Gasteiger partial charge is 0.496 e. The molecule has 1 aliphatic heterocycles. The number of benzene rings is 2. The number of ether oxygens (including phenoxy) is 3. The van der Waals surface area contributed by atoms with Crippen LogP contribution in [0.4, 0.5) is 5.69 Å². The maximum atomic E-state index is 12.6. The van der Waals surface area contributed by atoms with Crippen LogP contribution in [-0.2, 0) is 6.54 Å². The molecule has 6 heteroatoms. The van der Waals surface area contributed by atoms with E-state index in [1.165, 1.54) is 0 Å². The lowest BCUT2D eigenvalue weighted by Gasteiger charge is -2.19. The van der Waals surface area contributed by atoms with Crippen LogP contribution < -0.4 is 25.1 Å². The van der Waals surface area contributed by atoms with Gasteiger partial charge in [0.25, 0.3) is 5.56 Å². The van der Waals surface area contributed by atoms with Crippen molar-refractivity contribution in [2.24, 2.45) is 0 Å². The van der Waals surface area contributed by atoms with Crippen LogP contribution >= 0.6 is 0 Å². The number of anilines is 1. The molecular weight excluding hydrogens is 368 g/mol. The molecule has 2 aromatic carbocycles. The molecular formula is C23H26N2O4. The number of aromatic nitrogens is 1. The van der Waals surface area contributed by atoms with Gasteiger partial charge in [-0.15, -0.1) is 0 Å². The standard InChI is InChI=1S/C23H26N2O4/c1-13(2)17-10-18(14(3)7-20(17)27-4)24-12-16-8-15-9-21-22(29-6-5-28-21)11-19(15)25-23(16)26/h7-11,13,24H,5-6,12H2,1-4H3,(H,25,26). The molecule has 1 aliphatic rings. The highest BCUT2D eigenvalue weighted by atomic mass is 16.6. The normalized spacial score (nSPS) is 13.0. The number of hydrogen-bond acceptors (Lipinski definition) is 5. The van der Waals surface area contributed by atoms with Crippen LogP contribution in [0.1, 0.15) is 36.5 Å². The third-order valence-corrected chi connectivity index (χ3v) is 5.25. The summed E-state index contributed by atoms with van der Waals surface area (Å²) in [5, 5.41) is 4.33. The molecule has 4 rings (SSSR count). The van der Waals surface area contributed by atoms with Gasteiger partial charge >= 0.3 is 0 Å². The minimum Gasteiger partial charge on any atom is -0.496 e. The van der Waals surface area contributed by atoms with Crippen molar-refractivity contribution >= 4 is 16.6 Å². The Labute approximate surface area is 169 Å². The Hall–Kier alpha value is -3.15. The number of aryl methyl sites for hydroxylation is 1. The fourth-order valence-corrected chi connectivity index (χ4v) is 3.63. The van der Waals surface area contributed by atoms with Gasteiger partial charge in [0, 0.05) is 29.2 Å². The number of aromatic amines is 1. The molecule has 0 bridgehead atoms. The second-order valence-corrected chi connectivity index (χ2v) is 7.62. The third-order valence-electron chi connectivity index (χ3n) is 5.25. The van der Waals surface area contributed by atoms with Crippen molar-refractivity contribution in [3.05, 3.63) is 57.4 Å². The maximum absolute atomic E-state index is 12.6. The number of hydrogen-bond donors (Lipinski definition) is 2. The van der Waals surface area contributed by atoms with Gasteiger partial charge in [0.1, 0.15) is 19.0 Å². The van der Waals surface area contributed by atoms with Gasteiger partial charge < -0.3 is 24.5 Å². The van der Waals surface area contributed by atoms with Crippen molar-refractivity contribution in [2.45, 2.75) is 33.2 Å². The number of H-pyrrole nitrogens is 1. The number of pyridine rings is 1. The highest BCUT2D eigenvalue weighted by Gasteiger charge is 2.15. The first-order valence-electron chi connectivity index (χ1n) is 9.84. The lowest BCUT2D eigenvalue weighted by Crippen LogP contribution is -2.18. The molecule has 0 atom stereocenters. The van der Waals surface area contributed by atoms with Gasteiger partial charge in [-0.25, -0.2) is 0 Å². The fourth-order valence-electron chi connectivity index (χ4n) is 3.63. The molecule has 3 aromatic rings. The summed E-state index contributed by atoms with van der Waals surface area (Å²) in [7, 11) is 1.69. The summed E-state index contributed by atoms with van der Waals surface area (Å²) >= 11 is 0. The van der Waals surface area contributed by atoms with Gasteiger partial charge in [-0.3, -0.25) is 4.79 Å². The summed E-state index contributed by atoms with van der Waals surface area (Å²) in [6, 6.07) is 9.78. The lowest BCUT2D eigenvalue weighted by atomic mass is 9.99. The van der Waals surface area contributed by atoms with Crippen LogP contribution in [-0.4, -0.2) is 25.3 Å². The second kappa shape index (κ2) is 7.70. The van der Waals surface area contributed by atoms with E-state index in [4.69, 9.17) is 14.2 Å². The molecule has 0 unspecified atom stereocenters. The Balaban J connectivity index is 1.64. The van der Waals surface area contributed by atoms with E-state index in [2.05, 4.69) is 30.2 Å². The van der Waals surface area contributed by atoms with Crippen LogP contribution in [0.2, 0.25) is 0 Å². The number of nitrogens with one attached hydrogen (secondary N) is 2. The fraction of sp³-hybridized carbons (Fsp3) is 0.348. The average Bonchev–Trinajstić information content (AvgIpc) is 2.71. The summed E-state index contributed by atoms with van der Waals surface area (Å²) in [6.45, 7) is 7.78. The van der Waals surface area contributed by atoms with Crippen LogP contribution in [0.25, 0.3) is 10.9 Å². The van der Waals surface area contributed by atoms with Crippen LogP contribution in [0.3, 0.4) is 0 Å². The summed E-state index contributed by atoms with van der Waals surface area (Å²) in [6.07, 6.45) is 0. The molecule has 6 nitrogen and oxygen atoms in total. The van der Waals surface area contributed by atoms with E-state index >= 15 is 0 Å². The topological polar surface area (TPSA) is 72.6 Å². The molecule has 152 valence electrons. The molecule has 2 N–H and O–H groups in total. The van der Waals surface area contributed by atoms with Gasteiger partial charge in [0.05, 0.1) is 12.6 Å². The minimum atomic E-state index is -0.114. The molecule has 2 heterocycles. The Kier molecular flexibility index (Phi) is 5.09. The first kappa shape index (κ1) is 19.2. The van der Waals surface area contributed by atoms with Gasteiger partial charge in [0.2, 0.25) is 0 Å². The van der Waals surface area contributed by atoms with E-state index in [1.54, 1.807) is 7.11 Å². The van der Waals surface area contributed by atoms with Gasteiger partial charge in [-0.2, -0.15) is 0 Å². The number of methoxy groups -OCH3 is 1. The van der Waals surface area contributed by atoms with Crippen molar-refractivity contribution in [2.75, 3.05) is 25.6 Å². The highest BCUT2D eigenvalue weighted by molar-refractivity contribution is 5.83. The van der Waals surface area contributed by atoms with E-state index in [0.717, 1.165) is 33.5 Å². The predicted octanol–water partition coefficient (Wildman–Crippen LogP) is 4.35. The minimum absolute atomic E-state index is 0.114. The predicted molar refractivity (Wildman–Crippen MR) is 115 cm³/mol. The maximum Gasteiger partial charge on any atom is 0.253 e. The zero-order valence-corrected chi connectivity index (χ0v) is 17.2. The molecule has 0 saturated heterocycles. The number of rotatable bonds is 5. The van der Waals surface area contributed by atoms with Gasteiger partial charge in [-0.1, -0.05) is 13.8 Å². The van der Waals surface area contributed by atoms with Gasteiger partial charge in [0.15, 0.2) is 11.5 Å². The quantitative estimate of drug-likeness (QED) is 0.673. The van der Waals surface area contributed by atoms with Crippen molar-refractivity contribution in [1.29, 1.82) is 0 Å². The average molecular weight is 394 g/mol. The molecule has 1 aromatic heterocycles. The first-order valence-corrected chi connectivity index (χ1v) is 9.84. The molecule has 0 saturated carbocycles. The zero-order valence-electron chi connectivity index (χ0n) is 17.2. The van der Waals surface area contributed by atoms with E-state index in [1.807, 2.05) is 31.2 Å². The summed E-state index contributed by atoms with van der Waals surface area (Å²) < 4.78 is 16.8. The zero-order chi connectivity index (χ0) is 20.5. The van der Waals surface area contributed by atoms with Crippen molar-refractivity contribution in [1.82, 2.24) is 4.98 Å². The summed E-state index contributed by atoms with van der Waals surface area (Å²) in [5.41, 5.74) is 4.49.